The fraction of sp³-hybridized carbons (Fsp3) is 0.176. The lowest BCUT2D eigenvalue weighted by Gasteiger charge is -2.15. The van der Waals surface area contributed by atoms with Gasteiger partial charge in [-0.1, -0.05) is 23.2 Å². The zero-order valence-electron chi connectivity index (χ0n) is 12.4. The monoisotopic (exact) mass is 366 g/mol. The molecule has 0 atom stereocenters. The van der Waals surface area contributed by atoms with Crippen LogP contribution >= 0.6 is 23.2 Å². The van der Waals surface area contributed by atoms with Crippen LogP contribution in [0.5, 0.6) is 0 Å². The van der Waals surface area contributed by atoms with E-state index in [-0.39, 0.29) is 10.9 Å². The zero-order valence-corrected chi connectivity index (χ0v) is 13.9. The lowest BCUT2D eigenvalue weighted by molar-refractivity contribution is -0.131. The van der Waals surface area contributed by atoms with Crippen molar-refractivity contribution in [1.82, 2.24) is 0 Å². The molecule has 7 heteroatoms. The third kappa shape index (κ3) is 3.37. The average Bonchev–Trinajstić information content (AvgIpc) is 3.35. The van der Waals surface area contributed by atoms with E-state index in [0.717, 1.165) is 6.07 Å². The number of hydrogen-bond donors (Lipinski definition) is 2. The number of hydrogen-bond acceptors (Lipinski definition) is 2. The second-order valence-electron chi connectivity index (χ2n) is 5.63. The van der Waals surface area contributed by atoms with Crippen molar-refractivity contribution in [2.24, 2.45) is 5.41 Å². The molecule has 2 aromatic carbocycles. The van der Waals surface area contributed by atoms with Crippen molar-refractivity contribution in [3.05, 3.63) is 58.3 Å². The molecular formula is C17H13Cl2FN2O2. The highest BCUT2D eigenvalue weighted by molar-refractivity contribution is 6.31. The molecule has 4 nitrogen and oxygen atoms in total. The van der Waals surface area contributed by atoms with Crippen molar-refractivity contribution in [3.8, 4) is 0 Å². The number of anilines is 2. The fourth-order valence-electron chi connectivity index (χ4n) is 2.29. The number of carbonyl (C=O) groups is 2. The van der Waals surface area contributed by atoms with E-state index in [1.165, 1.54) is 12.1 Å². The second kappa shape index (κ2) is 6.42. The van der Waals surface area contributed by atoms with Crippen LogP contribution in [-0.4, -0.2) is 11.8 Å². The third-order valence-corrected chi connectivity index (χ3v) is 4.44. The summed E-state index contributed by atoms with van der Waals surface area (Å²) in [5.74, 6) is -1.39. The molecule has 0 unspecified atom stereocenters. The van der Waals surface area contributed by atoms with Gasteiger partial charge in [-0.25, -0.2) is 4.39 Å². The van der Waals surface area contributed by atoms with E-state index < -0.39 is 17.1 Å². The number of benzene rings is 2. The molecule has 124 valence electrons. The Labute approximate surface area is 148 Å². The summed E-state index contributed by atoms with van der Waals surface area (Å²) < 4.78 is 13.2. The molecule has 3 rings (SSSR count). The normalized spacial score (nSPS) is 14.8. The topological polar surface area (TPSA) is 58.2 Å². The van der Waals surface area contributed by atoms with Crippen molar-refractivity contribution in [3.63, 3.8) is 0 Å². The molecule has 0 saturated heterocycles. The van der Waals surface area contributed by atoms with Crippen molar-refractivity contribution in [2.45, 2.75) is 12.8 Å². The average molecular weight is 367 g/mol. The Kier molecular flexibility index (Phi) is 4.47. The van der Waals surface area contributed by atoms with Gasteiger partial charge in [0, 0.05) is 16.4 Å². The van der Waals surface area contributed by atoms with Gasteiger partial charge in [0.05, 0.1) is 5.02 Å². The Morgan fingerprint density at radius 3 is 2.00 bits per heavy atom. The van der Waals surface area contributed by atoms with Gasteiger partial charge in [-0.05, 0) is 55.3 Å². The lowest BCUT2D eigenvalue weighted by Crippen LogP contribution is -2.35. The van der Waals surface area contributed by atoms with E-state index >= 15 is 0 Å². The van der Waals surface area contributed by atoms with Crippen molar-refractivity contribution in [2.75, 3.05) is 10.6 Å². The molecule has 1 aliphatic rings. The third-order valence-electron chi connectivity index (χ3n) is 3.90. The van der Waals surface area contributed by atoms with Crippen LogP contribution in [0.3, 0.4) is 0 Å². The summed E-state index contributed by atoms with van der Waals surface area (Å²) in [4.78, 5) is 24.9. The molecule has 1 fully saturated rings. The Morgan fingerprint density at radius 2 is 1.46 bits per heavy atom. The maximum absolute atomic E-state index is 13.2. The summed E-state index contributed by atoms with van der Waals surface area (Å²) in [5, 5.41) is 5.79. The molecule has 1 aliphatic carbocycles. The highest BCUT2D eigenvalue weighted by Gasteiger charge is 2.56. The maximum atomic E-state index is 13.2. The van der Waals surface area contributed by atoms with Crippen molar-refractivity contribution in [1.29, 1.82) is 0 Å². The predicted molar refractivity (Wildman–Crippen MR) is 91.8 cm³/mol. The first-order chi connectivity index (χ1) is 11.4. The largest absolute Gasteiger partial charge is 0.325 e. The molecule has 1 saturated carbocycles. The Bertz CT molecular complexity index is 805. The van der Waals surface area contributed by atoms with E-state index in [9.17, 15) is 14.0 Å². The number of rotatable bonds is 4. The highest BCUT2D eigenvalue weighted by atomic mass is 35.5. The molecule has 0 radical (unpaired) electrons. The van der Waals surface area contributed by atoms with Gasteiger partial charge in [0.25, 0.3) is 0 Å². The minimum atomic E-state index is -1.11. The number of amides is 2. The zero-order chi connectivity index (χ0) is 17.3. The van der Waals surface area contributed by atoms with Gasteiger partial charge >= 0.3 is 0 Å². The van der Waals surface area contributed by atoms with Gasteiger partial charge in [0.2, 0.25) is 11.8 Å². The van der Waals surface area contributed by atoms with Gasteiger partial charge in [-0.2, -0.15) is 0 Å². The minimum Gasteiger partial charge on any atom is -0.325 e. The highest BCUT2D eigenvalue weighted by Crippen LogP contribution is 2.47. The molecule has 2 amide bonds. The summed E-state index contributed by atoms with van der Waals surface area (Å²) in [6.07, 6.45) is 0.903. The first-order valence-electron chi connectivity index (χ1n) is 7.24. The van der Waals surface area contributed by atoms with Gasteiger partial charge < -0.3 is 10.6 Å². The van der Waals surface area contributed by atoms with E-state index in [4.69, 9.17) is 23.2 Å². The summed E-state index contributed by atoms with van der Waals surface area (Å²) in [6.45, 7) is 0. The number of carbonyl (C=O) groups excluding carboxylic acids is 2. The molecule has 0 heterocycles. The summed E-state index contributed by atoms with van der Waals surface area (Å²) in [6, 6.07) is 10.5. The van der Waals surface area contributed by atoms with Crippen LogP contribution in [0, 0.1) is 11.2 Å². The fourth-order valence-corrected chi connectivity index (χ4v) is 2.60. The second-order valence-corrected chi connectivity index (χ2v) is 6.47. The van der Waals surface area contributed by atoms with Gasteiger partial charge in [0.15, 0.2) is 0 Å². The van der Waals surface area contributed by atoms with Gasteiger partial charge in [-0.15, -0.1) is 0 Å². The van der Waals surface area contributed by atoms with Crippen molar-refractivity contribution < 1.29 is 14.0 Å². The van der Waals surface area contributed by atoms with E-state index in [2.05, 4.69) is 10.6 Å². The SMILES string of the molecule is O=C(Nc1ccc(Cl)cc1)C1(C(=O)Nc2ccc(F)c(Cl)c2)CC1. The number of nitrogens with one attached hydrogen (secondary N) is 2. The molecule has 2 aromatic rings. The molecule has 0 aromatic heterocycles. The Hall–Kier alpha value is -2.11. The van der Waals surface area contributed by atoms with Crippen LogP contribution in [0.15, 0.2) is 42.5 Å². The quantitative estimate of drug-likeness (QED) is 0.783. The molecule has 0 spiro atoms. The smallest absolute Gasteiger partial charge is 0.240 e. The summed E-state index contributed by atoms with van der Waals surface area (Å²) in [5.41, 5.74) is -0.203. The Morgan fingerprint density at radius 1 is 0.917 bits per heavy atom. The van der Waals surface area contributed by atoms with Crippen LogP contribution in [0.2, 0.25) is 10.0 Å². The van der Waals surface area contributed by atoms with Crippen molar-refractivity contribution >= 4 is 46.4 Å². The van der Waals surface area contributed by atoms with E-state index in [1.54, 1.807) is 24.3 Å². The maximum Gasteiger partial charge on any atom is 0.240 e. The predicted octanol–water partition coefficient (Wildman–Crippen LogP) is 4.49. The van der Waals surface area contributed by atoms with Crippen LogP contribution < -0.4 is 10.6 Å². The van der Waals surface area contributed by atoms with Crippen LogP contribution in [0.25, 0.3) is 0 Å². The standard InChI is InChI=1S/C17H13Cl2FN2O2/c18-10-1-3-11(4-2-10)21-15(23)17(7-8-17)16(24)22-12-5-6-14(20)13(19)9-12/h1-6,9H,7-8H2,(H,21,23)(H,22,24). The molecular weight excluding hydrogens is 354 g/mol. The minimum absolute atomic E-state index is 0.0942. The lowest BCUT2D eigenvalue weighted by atomic mass is 10.0. The van der Waals surface area contributed by atoms with Crippen LogP contribution in [0.1, 0.15) is 12.8 Å². The van der Waals surface area contributed by atoms with Crippen LogP contribution in [0.4, 0.5) is 15.8 Å². The summed E-state index contributed by atoms with van der Waals surface area (Å²) in [7, 11) is 0. The Balaban J connectivity index is 1.70. The van der Waals surface area contributed by atoms with Gasteiger partial charge in [0.1, 0.15) is 11.2 Å². The van der Waals surface area contributed by atoms with E-state index in [1.807, 2.05) is 0 Å². The number of halogens is 3. The van der Waals surface area contributed by atoms with Gasteiger partial charge in [-0.3, -0.25) is 9.59 Å². The summed E-state index contributed by atoms with van der Waals surface area (Å²) >= 11 is 11.5. The first-order valence-corrected chi connectivity index (χ1v) is 8.00. The first kappa shape index (κ1) is 16.7. The molecule has 0 bridgehead atoms. The van der Waals surface area contributed by atoms with Crippen LogP contribution in [-0.2, 0) is 9.59 Å². The molecule has 2 N–H and O–H groups in total. The van der Waals surface area contributed by atoms with E-state index in [0.29, 0.717) is 29.2 Å². The molecule has 24 heavy (non-hydrogen) atoms. The molecule has 0 aliphatic heterocycles.